The highest BCUT2D eigenvalue weighted by molar-refractivity contribution is 7.89. The highest BCUT2D eigenvalue weighted by Crippen LogP contribution is 2.25. The maximum Gasteiger partial charge on any atom is 0.244 e. The molecule has 1 heterocycles. The lowest BCUT2D eigenvalue weighted by atomic mass is 10.1. The zero-order valence-corrected chi connectivity index (χ0v) is 19.8. The molecule has 0 unspecified atom stereocenters. The fourth-order valence-electron chi connectivity index (χ4n) is 3.42. The van der Waals surface area contributed by atoms with Crippen molar-refractivity contribution < 1.29 is 17.6 Å². The second-order valence-corrected chi connectivity index (χ2v) is 10.6. The maximum atomic E-state index is 13.5. The molecule has 3 aromatic rings. The molecule has 2 aromatic carbocycles. The van der Waals surface area contributed by atoms with E-state index < -0.39 is 15.6 Å². The van der Waals surface area contributed by atoms with Crippen molar-refractivity contribution in [1.82, 2.24) is 9.21 Å². The Kier molecular flexibility index (Phi) is 7.21. The molecule has 0 spiro atoms. The summed E-state index contributed by atoms with van der Waals surface area (Å²) in [5.41, 5.74) is 0.168. The molecule has 0 fully saturated rings. The Labute approximate surface area is 190 Å². The van der Waals surface area contributed by atoms with Gasteiger partial charge in [0.05, 0.1) is 18.0 Å². The van der Waals surface area contributed by atoms with Crippen LogP contribution in [0, 0.1) is 6.92 Å². The zero-order chi connectivity index (χ0) is 23.4. The Bertz CT molecular complexity index is 1130. The number of hydrogen-bond donors (Lipinski definition) is 0. The predicted octanol–water partition coefficient (Wildman–Crippen LogP) is 4.61. The van der Waals surface area contributed by atoms with Crippen LogP contribution in [-0.2, 0) is 27.9 Å². The third kappa shape index (κ3) is 5.87. The van der Waals surface area contributed by atoms with Crippen molar-refractivity contribution in [2.45, 2.75) is 51.2 Å². The van der Waals surface area contributed by atoms with Gasteiger partial charge in [0, 0.05) is 12.1 Å². The Hall–Kier alpha value is -2.90. The van der Waals surface area contributed by atoms with E-state index in [4.69, 9.17) is 4.42 Å². The second-order valence-electron chi connectivity index (χ2n) is 8.74. The van der Waals surface area contributed by atoms with Crippen molar-refractivity contribution in [1.29, 1.82) is 0 Å². The van der Waals surface area contributed by atoms with E-state index in [-0.39, 0.29) is 23.9 Å². The lowest BCUT2D eigenvalue weighted by Crippen LogP contribution is -2.50. The van der Waals surface area contributed by atoms with Crippen LogP contribution in [0.4, 0.5) is 0 Å². The molecular weight excluding hydrogens is 424 g/mol. The van der Waals surface area contributed by atoms with Gasteiger partial charge in [-0.25, -0.2) is 8.42 Å². The van der Waals surface area contributed by atoms with Crippen LogP contribution in [0.5, 0.6) is 0 Å². The number of furan rings is 1. The quantitative estimate of drug-likeness (QED) is 0.498. The smallest absolute Gasteiger partial charge is 0.244 e. The fourth-order valence-corrected chi connectivity index (χ4v) is 5.18. The standard InChI is InChI=1S/C25H30N2O4S/c1-20-15-16-22(31-20)18-26(17-21-11-7-5-8-12-21)24(28)19-27(25(2,3)4)32(29,30)23-13-9-6-10-14-23/h5-16H,17-19H2,1-4H3. The molecule has 0 aliphatic rings. The molecule has 0 aliphatic heterocycles. The van der Waals surface area contributed by atoms with Crippen LogP contribution >= 0.6 is 0 Å². The van der Waals surface area contributed by atoms with Gasteiger partial charge in [-0.05, 0) is 57.5 Å². The Balaban J connectivity index is 1.90. The van der Waals surface area contributed by atoms with Gasteiger partial charge in [-0.1, -0.05) is 48.5 Å². The molecule has 1 aromatic heterocycles. The summed E-state index contributed by atoms with van der Waals surface area (Å²) in [5, 5.41) is 0. The number of nitrogens with zero attached hydrogens (tertiary/aromatic N) is 2. The van der Waals surface area contributed by atoms with Crippen molar-refractivity contribution in [3.63, 3.8) is 0 Å². The summed E-state index contributed by atoms with van der Waals surface area (Å²) in [6, 6.07) is 21.5. The number of aryl methyl sites for hydroxylation is 1. The number of carbonyl (C=O) groups is 1. The van der Waals surface area contributed by atoms with Crippen molar-refractivity contribution in [2.24, 2.45) is 0 Å². The first-order valence-electron chi connectivity index (χ1n) is 10.5. The Morgan fingerprint density at radius 1 is 0.875 bits per heavy atom. The summed E-state index contributed by atoms with van der Waals surface area (Å²) in [6.45, 7) is 7.55. The minimum Gasteiger partial charge on any atom is -0.464 e. The summed E-state index contributed by atoms with van der Waals surface area (Å²) < 4.78 is 33.7. The molecule has 32 heavy (non-hydrogen) atoms. The Morgan fingerprint density at radius 3 is 2.00 bits per heavy atom. The Morgan fingerprint density at radius 2 is 1.47 bits per heavy atom. The first-order valence-corrected chi connectivity index (χ1v) is 12.0. The predicted molar refractivity (Wildman–Crippen MR) is 124 cm³/mol. The average molecular weight is 455 g/mol. The van der Waals surface area contributed by atoms with Gasteiger partial charge in [0.2, 0.25) is 15.9 Å². The molecule has 3 rings (SSSR count). The van der Waals surface area contributed by atoms with Crippen LogP contribution < -0.4 is 0 Å². The van der Waals surface area contributed by atoms with E-state index in [1.165, 1.54) is 4.31 Å². The molecule has 0 saturated heterocycles. The third-order valence-electron chi connectivity index (χ3n) is 5.07. The molecule has 0 atom stereocenters. The molecule has 1 amide bonds. The largest absolute Gasteiger partial charge is 0.464 e. The number of rotatable bonds is 8. The lowest BCUT2D eigenvalue weighted by molar-refractivity contribution is -0.133. The lowest BCUT2D eigenvalue weighted by Gasteiger charge is -2.35. The second kappa shape index (κ2) is 9.71. The molecule has 0 bridgehead atoms. The monoisotopic (exact) mass is 454 g/mol. The molecule has 0 radical (unpaired) electrons. The summed E-state index contributed by atoms with van der Waals surface area (Å²) >= 11 is 0. The number of benzene rings is 2. The van der Waals surface area contributed by atoms with Gasteiger partial charge in [-0.15, -0.1) is 0 Å². The van der Waals surface area contributed by atoms with E-state index in [2.05, 4.69) is 0 Å². The van der Waals surface area contributed by atoms with Gasteiger partial charge >= 0.3 is 0 Å². The van der Waals surface area contributed by atoms with Gasteiger partial charge in [0.25, 0.3) is 0 Å². The molecule has 6 nitrogen and oxygen atoms in total. The summed E-state index contributed by atoms with van der Waals surface area (Å²) in [6.07, 6.45) is 0. The van der Waals surface area contributed by atoms with Crippen molar-refractivity contribution in [3.8, 4) is 0 Å². The van der Waals surface area contributed by atoms with Gasteiger partial charge in [0.1, 0.15) is 11.5 Å². The van der Waals surface area contributed by atoms with Crippen LogP contribution in [0.15, 0.2) is 82.1 Å². The van der Waals surface area contributed by atoms with Crippen LogP contribution in [0.25, 0.3) is 0 Å². The summed E-state index contributed by atoms with van der Waals surface area (Å²) in [7, 11) is -3.87. The first-order chi connectivity index (χ1) is 15.1. The molecule has 0 aliphatic carbocycles. The van der Waals surface area contributed by atoms with Crippen LogP contribution in [-0.4, -0.2) is 35.6 Å². The zero-order valence-electron chi connectivity index (χ0n) is 19.0. The fraction of sp³-hybridized carbons (Fsp3) is 0.320. The molecule has 7 heteroatoms. The van der Waals surface area contributed by atoms with E-state index in [1.54, 1.807) is 56.0 Å². The van der Waals surface area contributed by atoms with Gasteiger partial charge < -0.3 is 9.32 Å². The summed E-state index contributed by atoms with van der Waals surface area (Å²) in [4.78, 5) is 15.3. The first kappa shape index (κ1) is 23.8. The van der Waals surface area contributed by atoms with Gasteiger partial charge in [-0.2, -0.15) is 4.31 Å². The average Bonchev–Trinajstić information content (AvgIpc) is 3.16. The van der Waals surface area contributed by atoms with Crippen LogP contribution in [0.1, 0.15) is 37.9 Å². The summed E-state index contributed by atoms with van der Waals surface area (Å²) in [5.74, 6) is 1.12. The normalized spacial score (nSPS) is 12.2. The molecule has 0 saturated carbocycles. The highest BCUT2D eigenvalue weighted by Gasteiger charge is 2.36. The van der Waals surface area contributed by atoms with E-state index in [0.29, 0.717) is 12.3 Å². The number of carbonyl (C=O) groups excluding carboxylic acids is 1. The van der Waals surface area contributed by atoms with E-state index in [0.717, 1.165) is 11.3 Å². The highest BCUT2D eigenvalue weighted by atomic mass is 32.2. The van der Waals surface area contributed by atoms with E-state index in [1.807, 2.05) is 49.4 Å². The minimum absolute atomic E-state index is 0.166. The number of sulfonamides is 1. The van der Waals surface area contributed by atoms with Crippen molar-refractivity contribution in [2.75, 3.05) is 6.54 Å². The van der Waals surface area contributed by atoms with Gasteiger partial charge in [0.15, 0.2) is 0 Å². The third-order valence-corrected chi connectivity index (χ3v) is 7.19. The van der Waals surface area contributed by atoms with E-state index >= 15 is 0 Å². The van der Waals surface area contributed by atoms with Crippen molar-refractivity contribution >= 4 is 15.9 Å². The van der Waals surface area contributed by atoms with Crippen LogP contribution in [0.2, 0.25) is 0 Å². The molecule has 170 valence electrons. The topological polar surface area (TPSA) is 70.8 Å². The molecule has 0 N–H and O–H groups in total. The van der Waals surface area contributed by atoms with E-state index in [9.17, 15) is 13.2 Å². The molecular formula is C25H30N2O4S. The van der Waals surface area contributed by atoms with Gasteiger partial charge in [-0.3, -0.25) is 4.79 Å². The SMILES string of the molecule is Cc1ccc(CN(Cc2ccccc2)C(=O)CN(C(C)(C)C)S(=O)(=O)c2ccccc2)o1. The number of amides is 1. The number of hydrogen-bond acceptors (Lipinski definition) is 4. The van der Waals surface area contributed by atoms with Crippen molar-refractivity contribution in [3.05, 3.63) is 89.9 Å². The van der Waals surface area contributed by atoms with Crippen LogP contribution in [0.3, 0.4) is 0 Å². The maximum absolute atomic E-state index is 13.5. The minimum atomic E-state index is -3.87.